The maximum atomic E-state index is 13.9. The molecule has 0 saturated heterocycles. The summed E-state index contributed by atoms with van der Waals surface area (Å²) in [4.78, 5) is 43.1. The molecule has 4 aromatic rings. The number of carbonyl (C=O) groups is 1. The summed E-state index contributed by atoms with van der Waals surface area (Å²) in [6, 6.07) is 12.1. The number of fused-ring (bicyclic) bond motifs is 2. The molecule has 12 nitrogen and oxygen atoms in total. The van der Waals surface area contributed by atoms with Gasteiger partial charge in [-0.3, -0.25) is 19.5 Å². The summed E-state index contributed by atoms with van der Waals surface area (Å²) in [6.07, 6.45) is 1.54. The van der Waals surface area contributed by atoms with E-state index in [0.29, 0.717) is 43.6 Å². The van der Waals surface area contributed by atoms with Crippen LogP contribution in [-0.4, -0.2) is 36.0 Å². The Morgan fingerprint density at radius 3 is 2.76 bits per heavy atom. The topological polar surface area (TPSA) is 145 Å². The Bertz CT molecular complexity index is 1970. The molecule has 0 bridgehead atoms. The van der Waals surface area contributed by atoms with Crippen molar-refractivity contribution < 1.29 is 33.1 Å². The Labute approximate surface area is 241 Å². The fraction of sp³-hybridized carbons (Fsp3) is 0.207. The second-order valence-corrected chi connectivity index (χ2v) is 10.3. The van der Waals surface area contributed by atoms with Crippen LogP contribution in [0.5, 0.6) is 17.2 Å². The van der Waals surface area contributed by atoms with Crippen molar-refractivity contribution in [2.24, 2.45) is 4.99 Å². The molecule has 0 radical (unpaired) electrons. The predicted octanol–water partition coefficient (Wildman–Crippen LogP) is 3.70. The van der Waals surface area contributed by atoms with Gasteiger partial charge in [-0.15, -0.1) is 0 Å². The number of furan rings is 1. The van der Waals surface area contributed by atoms with Crippen LogP contribution in [0.2, 0.25) is 0 Å². The maximum absolute atomic E-state index is 13.9. The average Bonchev–Trinajstić information content (AvgIpc) is 3.71. The minimum atomic E-state index is -0.828. The Kier molecular flexibility index (Phi) is 6.86. The van der Waals surface area contributed by atoms with Crippen molar-refractivity contribution in [3.63, 3.8) is 0 Å². The Morgan fingerprint density at radius 2 is 2.00 bits per heavy atom. The van der Waals surface area contributed by atoms with Gasteiger partial charge < -0.3 is 23.4 Å². The first-order chi connectivity index (χ1) is 20.3. The van der Waals surface area contributed by atoms with Crippen LogP contribution < -0.4 is 29.1 Å². The number of carbonyl (C=O) groups excluding carboxylic acids is 1. The molecule has 0 amide bonds. The molecular weight excluding hydrogens is 566 g/mol. The number of esters is 1. The van der Waals surface area contributed by atoms with Crippen molar-refractivity contribution in [3.8, 4) is 28.6 Å². The maximum Gasteiger partial charge on any atom is 0.338 e. The number of nitro benzene ring substituents is 1. The monoisotopic (exact) mass is 589 g/mol. The van der Waals surface area contributed by atoms with Gasteiger partial charge in [0.15, 0.2) is 16.3 Å². The molecule has 42 heavy (non-hydrogen) atoms. The zero-order valence-electron chi connectivity index (χ0n) is 22.6. The highest BCUT2D eigenvalue weighted by molar-refractivity contribution is 7.07. The van der Waals surface area contributed by atoms with Gasteiger partial charge in [0.2, 0.25) is 6.79 Å². The lowest BCUT2D eigenvalue weighted by Gasteiger charge is -2.24. The van der Waals surface area contributed by atoms with Crippen LogP contribution in [0.4, 0.5) is 5.69 Å². The van der Waals surface area contributed by atoms with E-state index in [0.717, 1.165) is 11.3 Å². The van der Waals surface area contributed by atoms with Crippen molar-refractivity contribution in [2.75, 3.05) is 20.5 Å². The van der Waals surface area contributed by atoms with E-state index in [1.165, 1.54) is 17.7 Å². The van der Waals surface area contributed by atoms with Crippen molar-refractivity contribution in [1.29, 1.82) is 0 Å². The number of hydrogen-bond donors (Lipinski definition) is 0. The van der Waals surface area contributed by atoms with Gasteiger partial charge in [-0.05, 0) is 55.8 Å². The number of nitro groups is 1. The normalized spacial score (nSPS) is 15.8. The SMILES string of the molecule is CCOC(=O)C1=C(C)N=c2s/c(=C\c3ccc(-c4ccc(OC)cc4[N+](=O)[O-])o3)c(=O)n2C1c1ccc2c(c1)OCO2. The molecule has 0 fully saturated rings. The van der Waals surface area contributed by atoms with Crippen LogP contribution in [0.1, 0.15) is 31.2 Å². The Morgan fingerprint density at radius 1 is 1.19 bits per heavy atom. The third-order valence-electron chi connectivity index (χ3n) is 6.80. The number of methoxy groups -OCH3 is 1. The van der Waals surface area contributed by atoms with Crippen molar-refractivity contribution in [2.45, 2.75) is 19.9 Å². The van der Waals surface area contributed by atoms with E-state index in [4.69, 9.17) is 23.4 Å². The molecule has 2 aromatic carbocycles. The number of nitrogens with zero attached hydrogens (tertiary/aromatic N) is 3. The molecule has 0 spiro atoms. The number of aromatic nitrogens is 1. The molecule has 13 heteroatoms. The van der Waals surface area contributed by atoms with E-state index < -0.39 is 22.5 Å². The number of ether oxygens (including phenoxy) is 4. The first-order valence-corrected chi connectivity index (χ1v) is 13.6. The lowest BCUT2D eigenvalue weighted by atomic mass is 9.95. The zero-order chi connectivity index (χ0) is 29.5. The van der Waals surface area contributed by atoms with Crippen LogP contribution in [0.25, 0.3) is 17.4 Å². The third-order valence-corrected chi connectivity index (χ3v) is 7.78. The first kappa shape index (κ1) is 27.0. The molecule has 0 aliphatic carbocycles. The zero-order valence-corrected chi connectivity index (χ0v) is 23.4. The quantitative estimate of drug-likeness (QED) is 0.179. The lowest BCUT2D eigenvalue weighted by Crippen LogP contribution is -2.39. The van der Waals surface area contributed by atoms with E-state index in [9.17, 15) is 19.7 Å². The van der Waals surface area contributed by atoms with Crippen LogP contribution in [0.15, 0.2) is 74.0 Å². The predicted molar refractivity (Wildman–Crippen MR) is 150 cm³/mol. The van der Waals surface area contributed by atoms with E-state index >= 15 is 0 Å². The van der Waals surface area contributed by atoms with Gasteiger partial charge in [-0.2, -0.15) is 0 Å². The molecule has 0 N–H and O–H groups in total. The fourth-order valence-electron chi connectivity index (χ4n) is 4.89. The second kappa shape index (κ2) is 10.7. The van der Waals surface area contributed by atoms with Gasteiger partial charge in [0.05, 0.1) is 52.1 Å². The van der Waals surface area contributed by atoms with E-state index in [1.54, 1.807) is 62.4 Å². The van der Waals surface area contributed by atoms with E-state index in [-0.39, 0.29) is 36.0 Å². The summed E-state index contributed by atoms with van der Waals surface area (Å²) in [5.41, 5.74) is 0.970. The Balaban J connectivity index is 1.46. The highest BCUT2D eigenvalue weighted by Gasteiger charge is 2.34. The van der Waals surface area contributed by atoms with Gasteiger partial charge in [0.25, 0.3) is 11.2 Å². The van der Waals surface area contributed by atoms with E-state index in [2.05, 4.69) is 4.99 Å². The van der Waals surface area contributed by atoms with E-state index in [1.807, 2.05) is 0 Å². The smallest absolute Gasteiger partial charge is 0.338 e. The number of rotatable bonds is 7. The largest absolute Gasteiger partial charge is 0.497 e. The van der Waals surface area contributed by atoms with Crippen LogP contribution in [0, 0.1) is 10.1 Å². The van der Waals surface area contributed by atoms with Crippen molar-refractivity contribution in [3.05, 3.63) is 101 Å². The highest BCUT2D eigenvalue weighted by atomic mass is 32.1. The lowest BCUT2D eigenvalue weighted by molar-refractivity contribution is -0.384. The minimum absolute atomic E-state index is 0.0754. The number of thiazole rings is 1. The number of benzene rings is 2. The molecule has 214 valence electrons. The molecule has 2 aliphatic rings. The second-order valence-electron chi connectivity index (χ2n) is 9.26. The molecule has 2 aromatic heterocycles. The third kappa shape index (κ3) is 4.63. The summed E-state index contributed by atoms with van der Waals surface area (Å²) < 4.78 is 29.1. The summed E-state index contributed by atoms with van der Waals surface area (Å²) >= 11 is 1.13. The van der Waals surface area contributed by atoms with Gasteiger partial charge in [-0.1, -0.05) is 17.4 Å². The fourth-order valence-corrected chi connectivity index (χ4v) is 5.92. The molecule has 0 saturated carbocycles. The van der Waals surface area contributed by atoms with Gasteiger partial charge in [0, 0.05) is 6.08 Å². The summed E-state index contributed by atoms with van der Waals surface area (Å²) in [5, 5.41) is 11.7. The van der Waals surface area contributed by atoms with Crippen LogP contribution in [0.3, 0.4) is 0 Å². The van der Waals surface area contributed by atoms with Crippen molar-refractivity contribution >= 4 is 29.1 Å². The first-order valence-electron chi connectivity index (χ1n) is 12.8. The van der Waals surface area contributed by atoms with Gasteiger partial charge in [0.1, 0.15) is 17.3 Å². The average molecular weight is 590 g/mol. The molecule has 1 atom stereocenters. The van der Waals surface area contributed by atoms with Crippen LogP contribution in [-0.2, 0) is 9.53 Å². The molecule has 6 rings (SSSR count). The summed E-state index contributed by atoms with van der Waals surface area (Å²) in [5.74, 6) is 1.39. The molecule has 4 heterocycles. The number of hydrogen-bond acceptors (Lipinski definition) is 11. The molecule has 1 unspecified atom stereocenters. The standard InChI is InChI=1S/C29H23N3O9S/c1-4-38-28(34)25-15(2)30-29-31(26(25)16-5-9-22-23(11-16)40-14-39-22)27(33)24(42-29)13-18-7-10-21(41-18)19-8-6-17(37-3)12-20(19)32(35)36/h5-13,26H,4,14H2,1-3H3/b24-13-. The molecule has 2 aliphatic heterocycles. The highest BCUT2D eigenvalue weighted by Crippen LogP contribution is 2.38. The van der Waals surface area contributed by atoms with Gasteiger partial charge >= 0.3 is 5.97 Å². The molecular formula is C29H23N3O9S. The summed E-state index contributed by atoms with van der Waals surface area (Å²) in [6.45, 7) is 3.63. The van der Waals surface area contributed by atoms with Gasteiger partial charge in [-0.25, -0.2) is 9.79 Å². The number of allylic oxidation sites excluding steroid dienone is 1. The minimum Gasteiger partial charge on any atom is -0.497 e. The summed E-state index contributed by atoms with van der Waals surface area (Å²) in [7, 11) is 1.42. The van der Waals surface area contributed by atoms with Crippen molar-refractivity contribution in [1.82, 2.24) is 4.57 Å². The Hall–Kier alpha value is -5.17. The van der Waals surface area contributed by atoms with Crippen LogP contribution >= 0.6 is 11.3 Å².